The SMILES string of the molecule is CCNc1nc(Sc2ccc(C#N)cc2[N+](=O)[O-])nc2ccccc12. The number of anilines is 1. The maximum absolute atomic E-state index is 11.3. The third kappa shape index (κ3) is 3.51. The van der Waals surface area contributed by atoms with Crippen LogP contribution in [0.25, 0.3) is 10.9 Å². The molecule has 0 amide bonds. The molecule has 1 aromatic heterocycles. The minimum Gasteiger partial charge on any atom is -0.370 e. The van der Waals surface area contributed by atoms with Gasteiger partial charge in [-0.25, -0.2) is 9.97 Å². The molecule has 0 aliphatic rings. The Kier molecular flexibility index (Phi) is 4.77. The van der Waals surface area contributed by atoms with Crippen molar-refractivity contribution in [2.24, 2.45) is 0 Å². The van der Waals surface area contributed by atoms with Gasteiger partial charge in [-0.05, 0) is 43.0 Å². The Balaban J connectivity index is 2.06. The summed E-state index contributed by atoms with van der Waals surface area (Å²) in [5, 5.41) is 24.7. The Hall–Kier alpha value is -3.18. The predicted octanol–water partition coefficient (Wildman–Crippen LogP) is 3.99. The first kappa shape index (κ1) is 16.7. The Morgan fingerprint density at radius 1 is 1.28 bits per heavy atom. The summed E-state index contributed by atoms with van der Waals surface area (Å²) >= 11 is 1.10. The molecule has 0 spiro atoms. The first-order valence-electron chi connectivity index (χ1n) is 7.49. The normalized spacial score (nSPS) is 10.4. The molecule has 0 unspecified atom stereocenters. The number of para-hydroxylation sites is 1. The van der Waals surface area contributed by atoms with E-state index in [4.69, 9.17) is 5.26 Å². The van der Waals surface area contributed by atoms with Crippen LogP contribution in [0.5, 0.6) is 0 Å². The summed E-state index contributed by atoms with van der Waals surface area (Å²) in [5.41, 5.74) is 0.863. The lowest BCUT2D eigenvalue weighted by Gasteiger charge is -2.09. The molecule has 3 aromatic rings. The average Bonchev–Trinajstić information content (AvgIpc) is 2.62. The molecule has 0 radical (unpaired) electrons. The molecule has 0 bridgehead atoms. The van der Waals surface area contributed by atoms with Gasteiger partial charge in [0.25, 0.3) is 5.69 Å². The molecule has 0 aliphatic carbocycles. The van der Waals surface area contributed by atoms with E-state index in [-0.39, 0.29) is 11.3 Å². The van der Waals surface area contributed by atoms with Crippen LogP contribution in [0.1, 0.15) is 12.5 Å². The summed E-state index contributed by atoms with van der Waals surface area (Å²) in [5.74, 6) is 0.687. The molecule has 2 aromatic carbocycles. The number of hydrogen-bond acceptors (Lipinski definition) is 7. The quantitative estimate of drug-likeness (QED) is 0.421. The van der Waals surface area contributed by atoms with Crippen LogP contribution in [0, 0.1) is 21.4 Å². The maximum atomic E-state index is 11.3. The third-order valence-corrected chi connectivity index (χ3v) is 4.34. The molecule has 124 valence electrons. The van der Waals surface area contributed by atoms with Crippen molar-refractivity contribution in [3.63, 3.8) is 0 Å². The molecule has 25 heavy (non-hydrogen) atoms. The molecule has 7 nitrogen and oxygen atoms in total. The highest BCUT2D eigenvalue weighted by Crippen LogP contribution is 2.35. The van der Waals surface area contributed by atoms with Crippen molar-refractivity contribution in [2.45, 2.75) is 17.0 Å². The van der Waals surface area contributed by atoms with E-state index in [0.717, 1.165) is 22.7 Å². The molecule has 0 saturated carbocycles. The van der Waals surface area contributed by atoms with Gasteiger partial charge in [0.05, 0.1) is 27.0 Å². The Labute approximate surface area is 147 Å². The van der Waals surface area contributed by atoms with Gasteiger partial charge in [-0.2, -0.15) is 5.26 Å². The second-order valence-corrected chi connectivity index (χ2v) is 6.06. The molecule has 1 heterocycles. The van der Waals surface area contributed by atoms with E-state index in [1.54, 1.807) is 12.1 Å². The number of rotatable bonds is 5. The second kappa shape index (κ2) is 7.15. The Morgan fingerprint density at radius 3 is 2.80 bits per heavy atom. The van der Waals surface area contributed by atoms with E-state index in [2.05, 4.69) is 15.3 Å². The highest BCUT2D eigenvalue weighted by atomic mass is 32.2. The Morgan fingerprint density at radius 2 is 2.08 bits per heavy atom. The first-order chi connectivity index (χ1) is 12.1. The number of aromatic nitrogens is 2. The van der Waals surface area contributed by atoms with Crippen LogP contribution in [0.15, 0.2) is 52.5 Å². The number of nitrogens with zero attached hydrogens (tertiary/aromatic N) is 4. The first-order valence-corrected chi connectivity index (χ1v) is 8.31. The summed E-state index contributed by atoms with van der Waals surface area (Å²) in [6.07, 6.45) is 0. The molecule has 0 aliphatic heterocycles. The summed E-state index contributed by atoms with van der Waals surface area (Å²) in [7, 11) is 0. The van der Waals surface area contributed by atoms with Gasteiger partial charge >= 0.3 is 0 Å². The van der Waals surface area contributed by atoms with Gasteiger partial charge in [-0.3, -0.25) is 10.1 Å². The number of nitro groups is 1. The van der Waals surface area contributed by atoms with Crippen LogP contribution in [-0.2, 0) is 0 Å². The van der Waals surface area contributed by atoms with E-state index in [1.807, 2.05) is 37.3 Å². The minimum absolute atomic E-state index is 0.134. The molecular weight excluding hydrogens is 338 g/mol. The number of nitrogens with one attached hydrogen (secondary N) is 1. The van der Waals surface area contributed by atoms with E-state index < -0.39 is 4.92 Å². The topological polar surface area (TPSA) is 105 Å². The lowest BCUT2D eigenvalue weighted by molar-refractivity contribution is -0.387. The van der Waals surface area contributed by atoms with Gasteiger partial charge in [0, 0.05) is 18.0 Å². The average molecular weight is 351 g/mol. The van der Waals surface area contributed by atoms with Gasteiger partial charge in [0.15, 0.2) is 5.16 Å². The smallest absolute Gasteiger partial charge is 0.284 e. The Bertz CT molecular complexity index is 1000. The minimum atomic E-state index is -0.505. The van der Waals surface area contributed by atoms with Crippen LogP contribution in [-0.4, -0.2) is 21.4 Å². The van der Waals surface area contributed by atoms with Crippen LogP contribution in [0.2, 0.25) is 0 Å². The fourth-order valence-electron chi connectivity index (χ4n) is 2.32. The fourth-order valence-corrected chi connectivity index (χ4v) is 3.17. The van der Waals surface area contributed by atoms with E-state index in [1.165, 1.54) is 6.07 Å². The number of fused-ring (bicyclic) bond motifs is 1. The monoisotopic (exact) mass is 351 g/mol. The van der Waals surface area contributed by atoms with Crippen molar-refractivity contribution in [2.75, 3.05) is 11.9 Å². The summed E-state index contributed by atoms with van der Waals surface area (Å²) in [6, 6.07) is 13.8. The standard InChI is InChI=1S/C17H13N5O2S/c1-2-19-16-12-5-3-4-6-13(12)20-17(21-16)25-15-8-7-11(10-18)9-14(15)22(23)24/h3-9H,2H2,1H3,(H,19,20,21). The van der Waals surface area contributed by atoms with E-state index in [9.17, 15) is 10.1 Å². The molecule has 0 atom stereocenters. The van der Waals surface area contributed by atoms with Crippen molar-refractivity contribution in [3.8, 4) is 6.07 Å². The number of nitriles is 1. The molecule has 1 N–H and O–H groups in total. The lowest BCUT2D eigenvalue weighted by Crippen LogP contribution is -2.02. The summed E-state index contributed by atoms with van der Waals surface area (Å²) < 4.78 is 0. The number of benzene rings is 2. The zero-order chi connectivity index (χ0) is 17.8. The van der Waals surface area contributed by atoms with E-state index >= 15 is 0 Å². The molecule has 3 rings (SSSR count). The number of nitro benzene ring substituents is 1. The van der Waals surface area contributed by atoms with Gasteiger partial charge in [-0.15, -0.1) is 0 Å². The summed E-state index contributed by atoms with van der Waals surface area (Å²) in [6.45, 7) is 2.66. The van der Waals surface area contributed by atoms with Crippen molar-refractivity contribution in [3.05, 3.63) is 58.1 Å². The number of hydrogen-bond donors (Lipinski definition) is 1. The van der Waals surface area contributed by atoms with Crippen LogP contribution < -0.4 is 5.32 Å². The van der Waals surface area contributed by atoms with Crippen molar-refractivity contribution < 1.29 is 4.92 Å². The van der Waals surface area contributed by atoms with Crippen LogP contribution >= 0.6 is 11.8 Å². The fraction of sp³-hybridized carbons (Fsp3) is 0.118. The largest absolute Gasteiger partial charge is 0.370 e. The lowest BCUT2D eigenvalue weighted by atomic mass is 10.2. The second-order valence-electron chi connectivity index (χ2n) is 5.06. The van der Waals surface area contributed by atoms with Gasteiger partial charge in [-0.1, -0.05) is 12.1 Å². The predicted molar refractivity (Wildman–Crippen MR) is 95.6 cm³/mol. The van der Waals surface area contributed by atoms with Crippen LogP contribution in [0.3, 0.4) is 0 Å². The molecule has 8 heteroatoms. The van der Waals surface area contributed by atoms with E-state index in [0.29, 0.717) is 22.4 Å². The zero-order valence-electron chi connectivity index (χ0n) is 13.3. The zero-order valence-corrected chi connectivity index (χ0v) is 14.1. The van der Waals surface area contributed by atoms with Crippen molar-refractivity contribution in [1.82, 2.24) is 9.97 Å². The molecule has 0 fully saturated rings. The third-order valence-electron chi connectivity index (χ3n) is 3.41. The van der Waals surface area contributed by atoms with Crippen molar-refractivity contribution in [1.29, 1.82) is 5.26 Å². The van der Waals surface area contributed by atoms with Crippen molar-refractivity contribution >= 4 is 34.2 Å². The molecule has 0 saturated heterocycles. The van der Waals surface area contributed by atoms with Gasteiger partial charge in [0.1, 0.15) is 5.82 Å². The maximum Gasteiger partial charge on any atom is 0.284 e. The highest BCUT2D eigenvalue weighted by Gasteiger charge is 2.18. The molecular formula is C17H13N5O2S. The van der Waals surface area contributed by atoms with Gasteiger partial charge in [0.2, 0.25) is 0 Å². The summed E-state index contributed by atoms with van der Waals surface area (Å²) in [4.78, 5) is 20.1. The highest BCUT2D eigenvalue weighted by molar-refractivity contribution is 7.99. The van der Waals surface area contributed by atoms with Crippen LogP contribution in [0.4, 0.5) is 11.5 Å². The van der Waals surface area contributed by atoms with Gasteiger partial charge < -0.3 is 5.32 Å².